The van der Waals surface area contributed by atoms with Crippen molar-refractivity contribution in [2.75, 3.05) is 13.2 Å². The first-order valence-electron chi connectivity index (χ1n) is 6.25. The summed E-state index contributed by atoms with van der Waals surface area (Å²) in [6, 6.07) is 8.14. The van der Waals surface area contributed by atoms with E-state index in [1.165, 1.54) is 6.07 Å². The second kappa shape index (κ2) is 6.03. The second-order valence-electron chi connectivity index (χ2n) is 4.52. The molecule has 0 amide bonds. The predicted octanol–water partition coefficient (Wildman–Crippen LogP) is 5.34. The Labute approximate surface area is 139 Å². The summed E-state index contributed by atoms with van der Waals surface area (Å²) in [4.78, 5) is 0. The molecule has 0 aliphatic carbocycles. The van der Waals surface area contributed by atoms with Crippen molar-refractivity contribution in [3.05, 3.63) is 56.8 Å². The molecule has 0 radical (unpaired) electrons. The smallest absolute Gasteiger partial charge is 0.162 e. The van der Waals surface area contributed by atoms with Gasteiger partial charge in [0, 0.05) is 11.1 Å². The number of halogens is 4. The minimum atomic E-state index is -0.599. The Kier molecular flexibility index (Phi) is 4.29. The lowest BCUT2D eigenvalue weighted by Gasteiger charge is -2.21. The molecule has 0 fully saturated rings. The molecule has 1 aliphatic heterocycles. The first-order chi connectivity index (χ1) is 10.1. The van der Waals surface area contributed by atoms with Gasteiger partial charge in [-0.05, 0) is 39.2 Å². The normalized spacial score (nSPS) is 14.9. The molecule has 0 saturated carbocycles. The van der Waals surface area contributed by atoms with Gasteiger partial charge >= 0.3 is 0 Å². The lowest BCUT2D eigenvalue weighted by atomic mass is 10.0. The van der Waals surface area contributed by atoms with Crippen LogP contribution in [-0.4, -0.2) is 13.2 Å². The van der Waals surface area contributed by atoms with Crippen LogP contribution in [0.2, 0.25) is 5.02 Å². The molecule has 1 atom stereocenters. The average Bonchev–Trinajstić information content (AvgIpc) is 2.48. The Hall–Kier alpha value is -0.970. The molecule has 0 N–H and O–H groups in total. The van der Waals surface area contributed by atoms with Gasteiger partial charge < -0.3 is 9.47 Å². The van der Waals surface area contributed by atoms with Crippen molar-refractivity contribution in [3.63, 3.8) is 0 Å². The van der Waals surface area contributed by atoms with Crippen molar-refractivity contribution in [2.45, 2.75) is 5.38 Å². The summed E-state index contributed by atoms with van der Waals surface area (Å²) in [6.45, 7) is 0.965. The van der Waals surface area contributed by atoms with Gasteiger partial charge in [0.1, 0.15) is 19.0 Å². The van der Waals surface area contributed by atoms with E-state index >= 15 is 0 Å². The first-order valence-corrected chi connectivity index (χ1v) is 7.85. The fourth-order valence-electron chi connectivity index (χ4n) is 2.16. The molecule has 0 bridgehead atoms. The van der Waals surface area contributed by atoms with Crippen LogP contribution in [0.3, 0.4) is 0 Å². The number of hydrogen-bond donors (Lipinski definition) is 0. The van der Waals surface area contributed by atoms with Gasteiger partial charge in [0.25, 0.3) is 0 Å². The fourth-order valence-corrected chi connectivity index (χ4v) is 3.46. The van der Waals surface area contributed by atoms with E-state index in [1.807, 2.05) is 0 Å². The van der Waals surface area contributed by atoms with E-state index in [4.69, 9.17) is 32.7 Å². The minimum absolute atomic E-state index is 0.330. The number of ether oxygens (including phenoxy) is 2. The molecule has 1 aliphatic rings. The standard InChI is InChI=1S/C15H10BrCl2FO2/c16-14-8(2-1-3-11(14)19)15(18)9-6-12-13(7-10(9)17)21-5-4-20-12/h1-3,6-7,15H,4-5H2. The van der Waals surface area contributed by atoms with E-state index in [0.29, 0.717) is 45.3 Å². The van der Waals surface area contributed by atoms with Gasteiger partial charge in [0.15, 0.2) is 11.5 Å². The van der Waals surface area contributed by atoms with E-state index in [2.05, 4.69) is 15.9 Å². The number of benzene rings is 2. The van der Waals surface area contributed by atoms with Crippen molar-refractivity contribution in [1.29, 1.82) is 0 Å². The van der Waals surface area contributed by atoms with Crippen LogP contribution in [0.4, 0.5) is 4.39 Å². The van der Waals surface area contributed by atoms with Gasteiger partial charge in [-0.2, -0.15) is 0 Å². The zero-order chi connectivity index (χ0) is 15.0. The molecular formula is C15H10BrCl2FO2. The number of hydrogen-bond acceptors (Lipinski definition) is 2. The van der Waals surface area contributed by atoms with E-state index < -0.39 is 5.38 Å². The fraction of sp³-hybridized carbons (Fsp3) is 0.200. The molecule has 21 heavy (non-hydrogen) atoms. The number of alkyl halides is 1. The molecule has 1 heterocycles. The van der Waals surface area contributed by atoms with Crippen LogP contribution in [0, 0.1) is 5.82 Å². The van der Waals surface area contributed by atoms with E-state index in [1.54, 1.807) is 24.3 Å². The van der Waals surface area contributed by atoms with Crippen molar-refractivity contribution in [2.24, 2.45) is 0 Å². The molecule has 0 aromatic heterocycles. The highest BCUT2D eigenvalue weighted by molar-refractivity contribution is 9.10. The summed E-state index contributed by atoms with van der Waals surface area (Å²) < 4.78 is 25.0. The van der Waals surface area contributed by atoms with E-state index in [-0.39, 0.29) is 5.82 Å². The summed E-state index contributed by atoms with van der Waals surface area (Å²) in [7, 11) is 0. The monoisotopic (exact) mass is 390 g/mol. The second-order valence-corrected chi connectivity index (χ2v) is 6.16. The highest BCUT2D eigenvalue weighted by Gasteiger charge is 2.22. The third kappa shape index (κ3) is 2.85. The third-order valence-corrected chi connectivity index (χ3v) is 4.82. The molecule has 1 unspecified atom stereocenters. The van der Waals surface area contributed by atoms with Gasteiger partial charge in [-0.3, -0.25) is 0 Å². The lowest BCUT2D eigenvalue weighted by molar-refractivity contribution is 0.171. The van der Waals surface area contributed by atoms with Gasteiger partial charge in [-0.1, -0.05) is 23.7 Å². The van der Waals surface area contributed by atoms with E-state index in [9.17, 15) is 4.39 Å². The summed E-state index contributed by atoms with van der Waals surface area (Å²) in [5.41, 5.74) is 1.25. The van der Waals surface area contributed by atoms with Crippen LogP contribution in [0.1, 0.15) is 16.5 Å². The zero-order valence-corrected chi connectivity index (χ0v) is 13.8. The highest BCUT2D eigenvalue weighted by atomic mass is 79.9. The quantitative estimate of drug-likeness (QED) is 0.643. The molecule has 3 rings (SSSR count). The van der Waals surface area contributed by atoms with Gasteiger partial charge in [0.2, 0.25) is 0 Å². The van der Waals surface area contributed by atoms with Crippen molar-refractivity contribution < 1.29 is 13.9 Å². The third-order valence-electron chi connectivity index (χ3n) is 3.19. The molecule has 2 aromatic rings. The lowest BCUT2D eigenvalue weighted by Crippen LogP contribution is -2.15. The molecule has 110 valence electrons. The number of rotatable bonds is 2. The molecule has 2 nitrogen and oxygen atoms in total. The highest BCUT2D eigenvalue weighted by Crippen LogP contribution is 2.43. The minimum Gasteiger partial charge on any atom is -0.486 e. The average molecular weight is 392 g/mol. The van der Waals surface area contributed by atoms with Crippen LogP contribution in [0.15, 0.2) is 34.8 Å². The van der Waals surface area contributed by atoms with Gasteiger partial charge in [-0.15, -0.1) is 11.6 Å². The Morgan fingerprint density at radius 2 is 1.76 bits per heavy atom. The first kappa shape index (κ1) is 14.9. The molecule has 2 aromatic carbocycles. The zero-order valence-electron chi connectivity index (χ0n) is 10.7. The molecular weight excluding hydrogens is 382 g/mol. The van der Waals surface area contributed by atoms with Gasteiger partial charge in [-0.25, -0.2) is 4.39 Å². The molecule has 0 spiro atoms. The summed E-state index contributed by atoms with van der Waals surface area (Å²) in [5, 5.41) is -0.145. The summed E-state index contributed by atoms with van der Waals surface area (Å²) >= 11 is 16.0. The van der Waals surface area contributed by atoms with Gasteiger partial charge in [0.05, 0.1) is 9.85 Å². The largest absolute Gasteiger partial charge is 0.486 e. The Morgan fingerprint density at radius 3 is 2.48 bits per heavy atom. The maximum absolute atomic E-state index is 13.6. The maximum Gasteiger partial charge on any atom is 0.162 e. The predicted molar refractivity (Wildman–Crippen MR) is 84.2 cm³/mol. The Morgan fingerprint density at radius 1 is 1.10 bits per heavy atom. The maximum atomic E-state index is 13.6. The van der Waals surface area contributed by atoms with Crippen molar-refractivity contribution in [1.82, 2.24) is 0 Å². The SMILES string of the molecule is Fc1cccc(C(Cl)c2cc3c(cc2Cl)OCCO3)c1Br. The van der Waals surface area contributed by atoms with E-state index in [0.717, 1.165) is 0 Å². The number of fused-ring (bicyclic) bond motifs is 1. The van der Waals surface area contributed by atoms with Crippen LogP contribution < -0.4 is 9.47 Å². The molecule has 6 heteroatoms. The summed E-state index contributed by atoms with van der Waals surface area (Å²) in [5.74, 6) is 0.822. The van der Waals surface area contributed by atoms with Crippen LogP contribution >= 0.6 is 39.1 Å². The Balaban J connectivity index is 2.05. The van der Waals surface area contributed by atoms with Crippen LogP contribution in [-0.2, 0) is 0 Å². The molecule has 0 saturated heterocycles. The van der Waals surface area contributed by atoms with Crippen LogP contribution in [0.5, 0.6) is 11.5 Å². The van der Waals surface area contributed by atoms with Crippen molar-refractivity contribution in [3.8, 4) is 11.5 Å². The van der Waals surface area contributed by atoms with Crippen molar-refractivity contribution >= 4 is 39.1 Å². The van der Waals surface area contributed by atoms with Crippen LogP contribution in [0.25, 0.3) is 0 Å². The summed E-state index contributed by atoms with van der Waals surface area (Å²) in [6.07, 6.45) is 0. The topological polar surface area (TPSA) is 18.5 Å². The Bertz CT molecular complexity index is 694.